The number of thiazole rings is 1. The molecule has 0 fully saturated rings. The molecule has 2 rings (SSSR count). The molecule has 0 radical (unpaired) electrons. The molecule has 19 heavy (non-hydrogen) atoms. The third-order valence-electron chi connectivity index (χ3n) is 2.51. The number of rotatable bonds is 3. The van der Waals surface area contributed by atoms with Crippen molar-refractivity contribution in [2.24, 2.45) is 0 Å². The summed E-state index contributed by atoms with van der Waals surface area (Å²) in [5.41, 5.74) is 1.49. The Hall–Kier alpha value is -2.13. The smallest absolute Gasteiger partial charge is 0.199 e. The molecule has 6 heteroatoms. The minimum absolute atomic E-state index is 0.260. The second-order valence-electron chi connectivity index (χ2n) is 4.18. The maximum Gasteiger partial charge on any atom is 0.199 e. The van der Waals surface area contributed by atoms with Gasteiger partial charge in [-0.1, -0.05) is 0 Å². The van der Waals surface area contributed by atoms with Crippen LogP contribution in [0.1, 0.15) is 37.8 Å². The van der Waals surface area contributed by atoms with Crippen molar-refractivity contribution in [1.29, 1.82) is 5.26 Å². The second-order valence-corrected chi connectivity index (χ2v) is 5.41. The second kappa shape index (κ2) is 5.24. The number of hydrogen-bond donors (Lipinski definition) is 0. The normalized spacial score (nSPS) is 11.9. The van der Waals surface area contributed by atoms with Crippen molar-refractivity contribution in [3.8, 4) is 6.07 Å². The number of nitriles is 1. The van der Waals surface area contributed by atoms with Gasteiger partial charge in [0, 0.05) is 17.6 Å². The first-order valence-electron chi connectivity index (χ1n) is 5.69. The molecule has 0 spiro atoms. The summed E-state index contributed by atoms with van der Waals surface area (Å²) < 4.78 is 0. The van der Waals surface area contributed by atoms with Crippen molar-refractivity contribution in [1.82, 2.24) is 15.0 Å². The summed E-state index contributed by atoms with van der Waals surface area (Å²) in [5, 5.41) is 10.0. The van der Waals surface area contributed by atoms with Crippen molar-refractivity contribution < 1.29 is 4.79 Å². The number of hydrogen-bond acceptors (Lipinski definition) is 6. The lowest BCUT2D eigenvalue weighted by Gasteiger charge is -2.07. The first-order valence-corrected chi connectivity index (χ1v) is 6.51. The van der Waals surface area contributed by atoms with Crippen molar-refractivity contribution in [2.75, 3.05) is 0 Å². The van der Waals surface area contributed by atoms with E-state index >= 15 is 0 Å². The van der Waals surface area contributed by atoms with E-state index in [-0.39, 0.29) is 11.6 Å². The summed E-state index contributed by atoms with van der Waals surface area (Å²) in [4.78, 5) is 25.2. The summed E-state index contributed by atoms with van der Waals surface area (Å²) in [6, 6.07) is 3.79. The van der Waals surface area contributed by atoms with Crippen LogP contribution in [0.4, 0.5) is 0 Å². The summed E-state index contributed by atoms with van der Waals surface area (Å²) >= 11 is 1.28. The molecule has 0 aliphatic rings. The van der Waals surface area contributed by atoms with Gasteiger partial charge in [-0.25, -0.2) is 15.0 Å². The lowest BCUT2D eigenvalue weighted by Crippen LogP contribution is -2.14. The molecule has 0 N–H and O–H groups in total. The minimum Gasteiger partial charge on any atom is -0.291 e. The molecule has 0 saturated carbocycles. The average Bonchev–Trinajstić information content (AvgIpc) is 2.75. The van der Waals surface area contributed by atoms with Crippen molar-refractivity contribution in [3.63, 3.8) is 0 Å². The molecule has 1 atom stereocenters. The molecule has 0 aromatic carbocycles. The minimum atomic E-state index is -0.974. The molecule has 0 aliphatic carbocycles. The van der Waals surface area contributed by atoms with E-state index in [4.69, 9.17) is 0 Å². The van der Waals surface area contributed by atoms with E-state index in [1.54, 1.807) is 6.07 Å². The fraction of sp³-hybridized carbons (Fsp3) is 0.308. The molecule has 0 aliphatic heterocycles. The molecular weight excluding hydrogens is 260 g/mol. The van der Waals surface area contributed by atoms with E-state index in [1.807, 2.05) is 26.8 Å². The number of carbonyl (C=O) groups excluding carboxylic acids is 1. The highest BCUT2D eigenvalue weighted by molar-refractivity contribution is 7.13. The van der Waals surface area contributed by atoms with Crippen LogP contribution in [-0.4, -0.2) is 20.7 Å². The highest BCUT2D eigenvalue weighted by atomic mass is 32.1. The van der Waals surface area contributed by atoms with Crippen LogP contribution in [0.3, 0.4) is 0 Å². The molecule has 0 amide bonds. The number of nitrogens with zero attached hydrogens (tertiary/aromatic N) is 4. The van der Waals surface area contributed by atoms with E-state index in [9.17, 15) is 10.1 Å². The first-order chi connectivity index (χ1) is 9.01. The third kappa shape index (κ3) is 2.83. The largest absolute Gasteiger partial charge is 0.291 e. The Bertz CT molecular complexity index is 651. The summed E-state index contributed by atoms with van der Waals surface area (Å²) in [6.45, 7) is 5.44. The fourth-order valence-corrected chi connectivity index (χ4v) is 2.48. The first kappa shape index (κ1) is 13.3. The number of ketones is 1. The lowest BCUT2D eigenvalue weighted by atomic mass is 10.0. The van der Waals surface area contributed by atoms with Gasteiger partial charge in [0.25, 0.3) is 0 Å². The van der Waals surface area contributed by atoms with Crippen LogP contribution in [0.15, 0.2) is 12.3 Å². The van der Waals surface area contributed by atoms with Crippen LogP contribution in [0.2, 0.25) is 0 Å². The number of aryl methyl sites for hydroxylation is 3. The van der Waals surface area contributed by atoms with Gasteiger partial charge >= 0.3 is 0 Å². The molecule has 5 nitrogen and oxygen atoms in total. The van der Waals surface area contributed by atoms with E-state index in [0.717, 1.165) is 16.4 Å². The Morgan fingerprint density at radius 1 is 1.32 bits per heavy atom. The van der Waals surface area contributed by atoms with Crippen molar-refractivity contribution in [3.05, 3.63) is 39.4 Å². The maximum atomic E-state index is 12.3. The molecule has 1 unspecified atom stereocenters. The zero-order valence-corrected chi connectivity index (χ0v) is 11.7. The van der Waals surface area contributed by atoms with Crippen molar-refractivity contribution in [2.45, 2.75) is 26.7 Å². The highest BCUT2D eigenvalue weighted by Gasteiger charge is 2.26. The average molecular weight is 272 g/mol. The fourth-order valence-electron chi connectivity index (χ4n) is 1.73. The zero-order chi connectivity index (χ0) is 14.0. The zero-order valence-electron chi connectivity index (χ0n) is 10.8. The molecule has 2 heterocycles. The quantitative estimate of drug-likeness (QED) is 0.801. The molecule has 0 saturated heterocycles. The molecule has 2 aromatic rings. The summed E-state index contributed by atoms with van der Waals surface area (Å²) in [6.07, 6.45) is 1.50. The van der Waals surface area contributed by atoms with Gasteiger partial charge in [-0.15, -0.1) is 11.3 Å². The highest BCUT2D eigenvalue weighted by Crippen LogP contribution is 2.22. The number of aromatic nitrogens is 3. The SMILES string of the molecule is Cc1cc(C)nc(C(C#N)C(=O)c2cnc(C)s2)n1. The van der Waals surface area contributed by atoms with Gasteiger partial charge in [0.1, 0.15) is 0 Å². The van der Waals surface area contributed by atoms with E-state index < -0.39 is 5.92 Å². The van der Waals surface area contributed by atoms with Crippen molar-refractivity contribution >= 4 is 17.1 Å². The Morgan fingerprint density at radius 2 is 1.95 bits per heavy atom. The lowest BCUT2D eigenvalue weighted by molar-refractivity contribution is 0.0980. The predicted octanol–water partition coefficient (Wildman–Crippen LogP) is 2.35. The Kier molecular flexibility index (Phi) is 3.67. The Balaban J connectivity index is 2.40. The number of Topliss-reactive ketones (excluding diaryl/α,β-unsaturated/α-hetero) is 1. The van der Waals surface area contributed by atoms with Gasteiger partial charge in [0.15, 0.2) is 17.5 Å². The predicted molar refractivity (Wildman–Crippen MR) is 71.0 cm³/mol. The van der Waals surface area contributed by atoms with Crippen LogP contribution in [0.25, 0.3) is 0 Å². The van der Waals surface area contributed by atoms with E-state index in [0.29, 0.717) is 4.88 Å². The van der Waals surface area contributed by atoms with Crippen LogP contribution in [0.5, 0.6) is 0 Å². The Morgan fingerprint density at radius 3 is 2.42 bits per heavy atom. The van der Waals surface area contributed by atoms with Gasteiger partial charge in [-0.05, 0) is 26.8 Å². The molecular formula is C13H12N4OS. The van der Waals surface area contributed by atoms with Crippen LogP contribution in [-0.2, 0) is 0 Å². The van der Waals surface area contributed by atoms with Crippen LogP contribution >= 0.6 is 11.3 Å². The summed E-state index contributed by atoms with van der Waals surface area (Å²) in [5.74, 6) is -1.01. The Labute approximate surface area is 115 Å². The topological polar surface area (TPSA) is 79.5 Å². The number of carbonyl (C=O) groups is 1. The van der Waals surface area contributed by atoms with Gasteiger partial charge in [-0.2, -0.15) is 5.26 Å². The van der Waals surface area contributed by atoms with E-state index in [1.165, 1.54) is 17.5 Å². The van der Waals surface area contributed by atoms with Gasteiger partial charge in [-0.3, -0.25) is 4.79 Å². The standard InChI is InChI=1S/C13H12N4OS/c1-7-4-8(2)17-13(16-7)10(5-14)12(18)11-6-15-9(3)19-11/h4,6,10H,1-3H3. The summed E-state index contributed by atoms with van der Waals surface area (Å²) in [7, 11) is 0. The van der Waals surface area contributed by atoms with Crippen LogP contribution in [0, 0.1) is 32.1 Å². The molecule has 2 aromatic heterocycles. The van der Waals surface area contributed by atoms with Gasteiger partial charge < -0.3 is 0 Å². The monoisotopic (exact) mass is 272 g/mol. The third-order valence-corrected chi connectivity index (χ3v) is 3.44. The van der Waals surface area contributed by atoms with Gasteiger partial charge in [0.2, 0.25) is 0 Å². The van der Waals surface area contributed by atoms with Gasteiger partial charge in [0.05, 0.1) is 16.0 Å². The maximum absolute atomic E-state index is 12.3. The molecule has 96 valence electrons. The van der Waals surface area contributed by atoms with E-state index in [2.05, 4.69) is 15.0 Å². The molecule has 0 bridgehead atoms. The van der Waals surface area contributed by atoms with Crippen LogP contribution < -0.4 is 0 Å².